The molecule has 1 aliphatic rings. The average Bonchev–Trinajstić information content (AvgIpc) is 2.66. The Morgan fingerprint density at radius 1 is 1.71 bits per heavy atom. The number of carbonyl (C=O) groups excluding carboxylic acids is 1. The maximum Gasteiger partial charge on any atom is 0.239 e. The zero-order valence-electron chi connectivity index (χ0n) is 8.67. The SMILES string of the molecule is CC(C)(C#N)C(=O)NCC1CCCO1. The number of amides is 1. The van der Waals surface area contributed by atoms with Gasteiger partial charge in [-0.25, -0.2) is 0 Å². The van der Waals surface area contributed by atoms with Crippen molar-refractivity contribution in [1.29, 1.82) is 5.26 Å². The van der Waals surface area contributed by atoms with Gasteiger partial charge in [-0.3, -0.25) is 4.79 Å². The zero-order chi connectivity index (χ0) is 10.6. The van der Waals surface area contributed by atoms with E-state index in [0.717, 1.165) is 19.4 Å². The minimum atomic E-state index is -0.946. The van der Waals surface area contributed by atoms with Crippen LogP contribution in [-0.4, -0.2) is 25.2 Å². The molecule has 1 unspecified atom stereocenters. The second-order valence-corrected chi connectivity index (χ2v) is 4.08. The second-order valence-electron chi connectivity index (χ2n) is 4.08. The molecule has 0 aromatic carbocycles. The molecule has 1 saturated heterocycles. The fourth-order valence-electron chi connectivity index (χ4n) is 1.28. The van der Waals surface area contributed by atoms with E-state index in [0.29, 0.717) is 6.54 Å². The van der Waals surface area contributed by atoms with Gasteiger partial charge in [-0.15, -0.1) is 0 Å². The number of rotatable bonds is 3. The quantitative estimate of drug-likeness (QED) is 0.727. The molecule has 1 N–H and O–H groups in total. The van der Waals surface area contributed by atoms with E-state index in [1.807, 2.05) is 6.07 Å². The van der Waals surface area contributed by atoms with E-state index in [2.05, 4.69) is 5.32 Å². The van der Waals surface area contributed by atoms with Gasteiger partial charge in [0, 0.05) is 13.2 Å². The number of nitrogens with zero attached hydrogens (tertiary/aromatic N) is 1. The number of nitriles is 1. The first-order chi connectivity index (χ1) is 6.56. The first-order valence-electron chi connectivity index (χ1n) is 4.87. The molecule has 0 aromatic rings. The van der Waals surface area contributed by atoms with Crippen molar-refractivity contribution in [2.24, 2.45) is 5.41 Å². The van der Waals surface area contributed by atoms with E-state index in [-0.39, 0.29) is 12.0 Å². The summed E-state index contributed by atoms with van der Waals surface area (Å²) in [6.45, 7) is 4.52. The predicted octanol–water partition coefficient (Wildman–Crippen LogP) is 0.831. The Morgan fingerprint density at radius 2 is 2.43 bits per heavy atom. The van der Waals surface area contributed by atoms with Gasteiger partial charge < -0.3 is 10.1 Å². The average molecular weight is 196 g/mol. The van der Waals surface area contributed by atoms with Crippen LogP contribution < -0.4 is 5.32 Å². The lowest BCUT2D eigenvalue weighted by Crippen LogP contribution is -2.39. The van der Waals surface area contributed by atoms with Gasteiger partial charge in [0.2, 0.25) is 5.91 Å². The van der Waals surface area contributed by atoms with Gasteiger partial charge in [-0.05, 0) is 26.7 Å². The van der Waals surface area contributed by atoms with Gasteiger partial charge in [-0.2, -0.15) is 5.26 Å². The standard InChI is InChI=1S/C10H16N2O2/c1-10(2,7-11)9(13)12-6-8-4-3-5-14-8/h8H,3-6H2,1-2H3,(H,12,13). The van der Waals surface area contributed by atoms with Crippen molar-refractivity contribution in [3.8, 4) is 6.07 Å². The lowest BCUT2D eigenvalue weighted by Gasteiger charge is -2.17. The third-order valence-corrected chi connectivity index (χ3v) is 2.36. The fourth-order valence-corrected chi connectivity index (χ4v) is 1.28. The molecule has 1 fully saturated rings. The molecule has 0 aromatic heterocycles. The van der Waals surface area contributed by atoms with Gasteiger partial charge in [-0.1, -0.05) is 0 Å². The molecule has 1 aliphatic heterocycles. The summed E-state index contributed by atoms with van der Waals surface area (Å²) in [7, 11) is 0. The minimum Gasteiger partial charge on any atom is -0.376 e. The highest BCUT2D eigenvalue weighted by Crippen LogP contribution is 2.14. The van der Waals surface area contributed by atoms with E-state index in [1.54, 1.807) is 13.8 Å². The summed E-state index contributed by atoms with van der Waals surface area (Å²) in [5.41, 5.74) is -0.946. The van der Waals surface area contributed by atoms with Gasteiger partial charge in [0.05, 0.1) is 12.2 Å². The smallest absolute Gasteiger partial charge is 0.239 e. The lowest BCUT2D eigenvalue weighted by atomic mass is 9.95. The number of nitrogens with one attached hydrogen (secondary N) is 1. The van der Waals surface area contributed by atoms with Crippen molar-refractivity contribution in [3.63, 3.8) is 0 Å². The summed E-state index contributed by atoms with van der Waals surface area (Å²) in [4.78, 5) is 11.5. The van der Waals surface area contributed by atoms with Crippen LogP contribution in [0.2, 0.25) is 0 Å². The molecule has 0 saturated carbocycles. The summed E-state index contributed by atoms with van der Waals surface area (Å²) in [5, 5.41) is 11.4. The first-order valence-corrected chi connectivity index (χ1v) is 4.87. The molecular weight excluding hydrogens is 180 g/mol. The van der Waals surface area contributed by atoms with Crippen LogP contribution in [-0.2, 0) is 9.53 Å². The van der Waals surface area contributed by atoms with Crippen LogP contribution in [0.3, 0.4) is 0 Å². The summed E-state index contributed by atoms with van der Waals surface area (Å²) >= 11 is 0. The van der Waals surface area contributed by atoms with Crippen LogP contribution in [0.5, 0.6) is 0 Å². The van der Waals surface area contributed by atoms with Crippen molar-refractivity contribution in [1.82, 2.24) is 5.32 Å². The van der Waals surface area contributed by atoms with Crippen LogP contribution in [0.25, 0.3) is 0 Å². The zero-order valence-corrected chi connectivity index (χ0v) is 8.67. The van der Waals surface area contributed by atoms with E-state index >= 15 is 0 Å². The predicted molar refractivity (Wildman–Crippen MR) is 51.4 cm³/mol. The molecular formula is C10H16N2O2. The molecule has 0 aliphatic carbocycles. The summed E-state index contributed by atoms with van der Waals surface area (Å²) in [5.74, 6) is -0.226. The van der Waals surface area contributed by atoms with E-state index in [1.165, 1.54) is 0 Å². The third kappa shape index (κ3) is 2.71. The van der Waals surface area contributed by atoms with Crippen LogP contribution in [0.1, 0.15) is 26.7 Å². The Hall–Kier alpha value is -1.08. The van der Waals surface area contributed by atoms with Gasteiger partial charge >= 0.3 is 0 Å². The van der Waals surface area contributed by atoms with Gasteiger partial charge in [0.15, 0.2) is 0 Å². The highest BCUT2D eigenvalue weighted by atomic mass is 16.5. The Kier molecular flexibility index (Phi) is 3.48. The molecule has 1 atom stereocenters. The molecule has 1 amide bonds. The molecule has 78 valence electrons. The van der Waals surface area contributed by atoms with Crippen molar-refractivity contribution >= 4 is 5.91 Å². The second kappa shape index (κ2) is 4.43. The fraction of sp³-hybridized carbons (Fsp3) is 0.800. The van der Waals surface area contributed by atoms with E-state index < -0.39 is 5.41 Å². The lowest BCUT2D eigenvalue weighted by molar-refractivity contribution is -0.127. The summed E-state index contributed by atoms with van der Waals surface area (Å²) < 4.78 is 5.35. The third-order valence-electron chi connectivity index (χ3n) is 2.36. The number of carbonyl (C=O) groups is 1. The van der Waals surface area contributed by atoms with Gasteiger partial charge in [0.1, 0.15) is 5.41 Å². The Balaban J connectivity index is 2.31. The van der Waals surface area contributed by atoms with E-state index in [9.17, 15) is 4.79 Å². The van der Waals surface area contributed by atoms with Crippen LogP contribution in [0.15, 0.2) is 0 Å². The molecule has 0 spiro atoms. The summed E-state index contributed by atoms with van der Waals surface area (Å²) in [6.07, 6.45) is 2.18. The van der Waals surface area contributed by atoms with Crippen LogP contribution >= 0.6 is 0 Å². The van der Waals surface area contributed by atoms with E-state index in [4.69, 9.17) is 10.00 Å². The molecule has 0 bridgehead atoms. The first kappa shape index (κ1) is 11.0. The highest BCUT2D eigenvalue weighted by Gasteiger charge is 2.28. The molecule has 4 nitrogen and oxygen atoms in total. The molecule has 1 rings (SSSR count). The number of hydrogen-bond donors (Lipinski definition) is 1. The Bertz CT molecular complexity index is 249. The maximum atomic E-state index is 11.5. The number of hydrogen-bond acceptors (Lipinski definition) is 3. The topological polar surface area (TPSA) is 62.1 Å². The van der Waals surface area contributed by atoms with Crippen molar-refractivity contribution < 1.29 is 9.53 Å². The maximum absolute atomic E-state index is 11.5. The Morgan fingerprint density at radius 3 is 2.93 bits per heavy atom. The minimum absolute atomic E-state index is 0.133. The number of ether oxygens (including phenoxy) is 1. The largest absolute Gasteiger partial charge is 0.376 e. The monoisotopic (exact) mass is 196 g/mol. The highest BCUT2D eigenvalue weighted by molar-refractivity contribution is 5.84. The molecule has 4 heteroatoms. The van der Waals surface area contributed by atoms with Crippen molar-refractivity contribution in [2.75, 3.05) is 13.2 Å². The normalized spacial score (nSPS) is 21.6. The van der Waals surface area contributed by atoms with Crippen LogP contribution in [0, 0.1) is 16.7 Å². The van der Waals surface area contributed by atoms with Crippen molar-refractivity contribution in [2.45, 2.75) is 32.8 Å². The molecule has 1 heterocycles. The van der Waals surface area contributed by atoms with Gasteiger partial charge in [0.25, 0.3) is 0 Å². The summed E-state index contributed by atoms with van der Waals surface area (Å²) in [6, 6.07) is 1.96. The van der Waals surface area contributed by atoms with Crippen molar-refractivity contribution in [3.05, 3.63) is 0 Å². The molecule has 14 heavy (non-hydrogen) atoms. The molecule has 0 radical (unpaired) electrons. The Labute approximate surface area is 84.2 Å². The van der Waals surface area contributed by atoms with Crippen LogP contribution in [0.4, 0.5) is 0 Å².